The van der Waals surface area contributed by atoms with E-state index in [1.54, 1.807) is 24.5 Å². The minimum Gasteiger partial charge on any atom is -0.347 e. The number of pyridine rings is 1. The van der Waals surface area contributed by atoms with Crippen molar-refractivity contribution < 1.29 is 4.79 Å². The van der Waals surface area contributed by atoms with E-state index in [0.29, 0.717) is 15.8 Å². The third kappa shape index (κ3) is 2.81. The molecule has 0 aromatic carbocycles. The monoisotopic (exact) mass is 252 g/mol. The van der Waals surface area contributed by atoms with Gasteiger partial charge in [0.05, 0.1) is 9.21 Å². The van der Waals surface area contributed by atoms with Crippen molar-refractivity contribution >= 4 is 28.8 Å². The number of hydrogen-bond donors (Lipinski definition) is 1. The average Bonchev–Trinajstić information content (AvgIpc) is 2.74. The third-order valence-corrected chi connectivity index (χ3v) is 3.23. The molecule has 1 amide bonds. The first-order valence-electron chi connectivity index (χ1n) is 4.68. The van der Waals surface area contributed by atoms with E-state index in [1.165, 1.54) is 11.3 Å². The molecule has 2 rings (SSSR count). The maximum absolute atomic E-state index is 11.7. The molecule has 5 heteroatoms. The SMILES string of the molecule is O=C(NCc1ccncc1)c1ccc(Cl)s1. The van der Waals surface area contributed by atoms with Crippen LogP contribution >= 0.6 is 22.9 Å². The van der Waals surface area contributed by atoms with Gasteiger partial charge in [0.1, 0.15) is 0 Å². The fourth-order valence-corrected chi connectivity index (χ4v) is 2.17. The number of nitrogens with one attached hydrogen (secondary N) is 1. The lowest BCUT2D eigenvalue weighted by Gasteiger charge is -2.02. The summed E-state index contributed by atoms with van der Waals surface area (Å²) in [5.74, 6) is -0.103. The van der Waals surface area contributed by atoms with Crippen LogP contribution in [0.15, 0.2) is 36.7 Å². The highest BCUT2D eigenvalue weighted by Crippen LogP contribution is 2.21. The number of amides is 1. The number of thiophene rings is 1. The first-order chi connectivity index (χ1) is 7.75. The first-order valence-corrected chi connectivity index (χ1v) is 5.87. The molecule has 2 aromatic heterocycles. The van der Waals surface area contributed by atoms with Crippen molar-refractivity contribution in [1.82, 2.24) is 10.3 Å². The second-order valence-electron chi connectivity index (χ2n) is 3.14. The normalized spacial score (nSPS) is 10.1. The topological polar surface area (TPSA) is 42.0 Å². The molecule has 3 nitrogen and oxygen atoms in total. The highest BCUT2D eigenvalue weighted by atomic mass is 35.5. The van der Waals surface area contributed by atoms with Gasteiger partial charge in [-0.3, -0.25) is 9.78 Å². The van der Waals surface area contributed by atoms with Crippen molar-refractivity contribution in [3.05, 3.63) is 51.4 Å². The Morgan fingerprint density at radius 3 is 2.69 bits per heavy atom. The Balaban J connectivity index is 1.94. The van der Waals surface area contributed by atoms with Gasteiger partial charge in [0.25, 0.3) is 5.91 Å². The fraction of sp³-hybridized carbons (Fsp3) is 0.0909. The predicted molar refractivity (Wildman–Crippen MR) is 64.7 cm³/mol. The molecule has 0 saturated heterocycles. The van der Waals surface area contributed by atoms with Gasteiger partial charge in [0.2, 0.25) is 0 Å². The Kier molecular flexibility index (Phi) is 3.54. The van der Waals surface area contributed by atoms with E-state index in [4.69, 9.17) is 11.6 Å². The molecule has 0 atom stereocenters. The lowest BCUT2D eigenvalue weighted by atomic mass is 10.3. The summed E-state index contributed by atoms with van der Waals surface area (Å²) in [7, 11) is 0. The highest BCUT2D eigenvalue weighted by Gasteiger charge is 2.07. The number of carbonyl (C=O) groups excluding carboxylic acids is 1. The minimum atomic E-state index is -0.103. The van der Waals surface area contributed by atoms with Crippen molar-refractivity contribution in [2.45, 2.75) is 6.54 Å². The van der Waals surface area contributed by atoms with Crippen molar-refractivity contribution in [2.24, 2.45) is 0 Å². The van der Waals surface area contributed by atoms with Crippen molar-refractivity contribution in [3.8, 4) is 0 Å². The Bertz CT molecular complexity index is 484. The molecule has 82 valence electrons. The summed E-state index contributed by atoms with van der Waals surface area (Å²) < 4.78 is 0.620. The van der Waals surface area contributed by atoms with Crippen LogP contribution in [0.25, 0.3) is 0 Å². The molecular formula is C11H9ClN2OS. The number of aromatic nitrogens is 1. The van der Waals surface area contributed by atoms with Crippen LogP contribution < -0.4 is 5.32 Å². The van der Waals surface area contributed by atoms with Crippen LogP contribution in [0.4, 0.5) is 0 Å². The number of rotatable bonds is 3. The molecule has 16 heavy (non-hydrogen) atoms. The van der Waals surface area contributed by atoms with Crippen molar-refractivity contribution in [1.29, 1.82) is 0 Å². The van der Waals surface area contributed by atoms with E-state index in [0.717, 1.165) is 5.56 Å². The van der Waals surface area contributed by atoms with E-state index in [-0.39, 0.29) is 5.91 Å². The molecule has 0 aliphatic carbocycles. The fourth-order valence-electron chi connectivity index (χ4n) is 1.21. The summed E-state index contributed by atoms with van der Waals surface area (Å²) in [4.78, 5) is 16.2. The zero-order valence-corrected chi connectivity index (χ0v) is 9.89. The molecule has 0 unspecified atom stereocenters. The summed E-state index contributed by atoms with van der Waals surface area (Å²) >= 11 is 7.02. The Labute approximate surface area is 102 Å². The van der Waals surface area contributed by atoms with Gasteiger partial charge in [-0.25, -0.2) is 0 Å². The molecule has 0 bridgehead atoms. The van der Waals surface area contributed by atoms with Crippen molar-refractivity contribution in [3.63, 3.8) is 0 Å². The molecular weight excluding hydrogens is 244 g/mol. The van der Waals surface area contributed by atoms with E-state index < -0.39 is 0 Å². The molecule has 2 aromatic rings. The molecule has 1 N–H and O–H groups in total. The van der Waals surface area contributed by atoms with Gasteiger partial charge in [-0.2, -0.15) is 0 Å². The van der Waals surface area contributed by atoms with Crippen LogP contribution in [-0.2, 0) is 6.54 Å². The van der Waals surface area contributed by atoms with Crippen LogP contribution in [-0.4, -0.2) is 10.9 Å². The Morgan fingerprint density at radius 1 is 1.31 bits per heavy atom. The lowest BCUT2D eigenvalue weighted by molar-refractivity contribution is 0.0955. The van der Waals surface area contributed by atoms with E-state index >= 15 is 0 Å². The minimum absolute atomic E-state index is 0.103. The van der Waals surface area contributed by atoms with Gasteiger partial charge in [-0.05, 0) is 29.8 Å². The summed E-state index contributed by atoms with van der Waals surface area (Å²) in [6, 6.07) is 7.16. The number of nitrogens with zero attached hydrogens (tertiary/aromatic N) is 1. The van der Waals surface area contributed by atoms with Gasteiger partial charge < -0.3 is 5.32 Å². The van der Waals surface area contributed by atoms with Crippen LogP contribution in [0, 0.1) is 0 Å². The number of halogens is 1. The van der Waals surface area contributed by atoms with Gasteiger partial charge in [0, 0.05) is 18.9 Å². The summed E-state index contributed by atoms with van der Waals surface area (Å²) in [5, 5.41) is 2.81. The lowest BCUT2D eigenvalue weighted by Crippen LogP contribution is -2.21. The quantitative estimate of drug-likeness (QED) is 0.913. The van der Waals surface area contributed by atoms with Crippen molar-refractivity contribution in [2.75, 3.05) is 0 Å². The zero-order chi connectivity index (χ0) is 11.4. The van der Waals surface area contributed by atoms with Gasteiger partial charge in [-0.1, -0.05) is 11.6 Å². The third-order valence-electron chi connectivity index (χ3n) is 2.00. The van der Waals surface area contributed by atoms with E-state index in [1.807, 2.05) is 12.1 Å². The Morgan fingerprint density at radius 2 is 2.06 bits per heavy atom. The van der Waals surface area contributed by atoms with Crippen LogP contribution in [0.3, 0.4) is 0 Å². The van der Waals surface area contributed by atoms with Gasteiger partial charge in [0.15, 0.2) is 0 Å². The summed E-state index contributed by atoms with van der Waals surface area (Å²) in [5.41, 5.74) is 1.02. The summed E-state index contributed by atoms with van der Waals surface area (Å²) in [6.45, 7) is 0.497. The molecule has 0 aliphatic rings. The second kappa shape index (κ2) is 5.09. The average molecular weight is 253 g/mol. The molecule has 0 saturated carbocycles. The molecule has 0 fully saturated rings. The number of hydrogen-bond acceptors (Lipinski definition) is 3. The van der Waals surface area contributed by atoms with Gasteiger partial charge >= 0.3 is 0 Å². The summed E-state index contributed by atoms with van der Waals surface area (Å²) in [6.07, 6.45) is 3.40. The highest BCUT2D eigenvalue weighted by molar-refractivity contribution is 7.17. The number of carbonyl (C=O) groups is 1. The predicted octanol–water partition coefficient (Wildman–Crippen LogP) is 2.73. The maximum atomic E-state index is 11.7. The zero-order valence-electron chi connectivity index (χ0n) is 8.31. The Hall–Kier alpha value is -1.39. The second-order valence-corrected chi connectivity index (χ2v) is 4.86. The van der Waals surface area contributed by atoms with Crippen LogP contribution in [0.1, 0.15) is 15.2 Å². The maximum Gasteiger partial charge on any atom is 0.261 e. The van der Waals surface area contributed by atoms with E-state index in [9.17, 15) is 4.79 Å². The molecule has 0 radical (unpaired) electrons. The van der Waals surface area contributed by atoms with Crippen LogP contribution in [0.5, 0.6) is 0 Å². The van der Waals surface area contributed by atoms with Gasteiger partial charge in [-0.15, -0.1) is 11.3 Å². The molecule has 2 heterocycles. The largest absolute Gasteiger partial charge is 0.347 e. The first kappa shape index (κ1) is 11.1. The standard InChI is InChI=1S/C11H9ClN2OS/c12-10-2-1-9(16-10)11(15)14-7-8-3-5-13-6-4-8/h1-6H,7H2,(H,14,15). The van der Waals surface area contributed by atoms with Crippen LogP contribution in [0.2, 0.25) is 4.34 Å². The molecule has 0 spiro atoms. The van der Waals surface area contributed by atoms with E-state index in [2.05, 4.69) is 10.3 Å². The molecule has 0 aliphatic heterocycles. The smallest absolute Gasteiger partial charge is 0.261 e.